The van der Waals surface area contributed by atoms with E-state index in [1.165, 1.54) is 6.92 Å². The van der Waals surface area contributed by atoms with Crippen molar-refractivity contribution in [2.45, 2.75) is 39.5 Å². The van der Waals surface area contributed by atoms with Crippen LogP contribution in [0.3, 0.4) is 0 Å². The van der Waals surface area contributed by atoms with E-state index in [4.69, 9.17) is 0 Å². The molecule has 2 rings (SSSR count). The highest BCUT2D eigenvalue weighted by Gasteiger charge is 2.31. The van der Waals surface area contributed by atoms with Crippen LogP contribution in [-0.2, 0) is 9.59 Å². The maximum Gasteiger partial charge on any atom is 0.311 e. The van der Waals surface area contributed by atoms with Crippen LogP contribution in [0.15, 0.2) is 12.1 Å². The molecule has 1 heterocycles. The molecule has 4 nitrogen and oxygen atoms in total. The summed E-state index contributed by atoms with van der Waals surface area (Å²) in [7, 11) is 0. The summed E-state index contributed by atoms with van der Waals surface area (Å²) in [6, 6.07) is 3.89. The summed E-state index contributed by atoms with van der Waals surface area (Å²) < 4.78 is 0. The third-order valence-corrected chi connectivity index (χ3v) is 3.81. The zero-order valence-corrected chi connectivity index (χ0v) is 11.6. The van der Waals surface area contributed by atoms with Crippen LogP contribution >= 0.6 is 0 Å². The van der Waals surface area contributed by atoms with E-state index in [0.29, 0.717) is 19.4 Å². The second-order valence-corrected chi connectivity index (χ2v) is 5.17. The predicted molar refractivity (Wildman–Crippen MR) is 73.6 cm³/mol. The molecule has 0 bridgehead atoms. The lowest BCUT2D eigenvalue weighted by Crippen LogP contribution is -2.30. The molecule has 0 saturated carbocycles. The average Bonchev–Trinajstić information content (AvgIpc) is 2.54. The Balaban J connectivity index is 2.70. The number of anilines is 1. The highest BCUT2D eigenvalue weighted by atomic mass is 16.4. The number of amides is 1. The Morgan fingerprint density at radius 3 is 2.47 bits per heavy atom. The van der Waals surface area contributed by atoms with Crippen molar-refractivity contribution >= 4 is 17.6 Å². The summed E-state index contributed by atoms with van der Waals surface area (Å²) in [4.78, 5) is 25.1. The molecule has 0 radical (unpaired) electrons. The topological polar surface area (TPSA) is 57.6 Å². The summed E-state index contributed by atoms with van der Waals surface area (Å²) in [5, 5.41) is 9.45. The zero-order chi connectivity index (χ0) is 14.2. The van der Waals surface area contributed by atoms with Gasteiger partial charge in [0.05, 0.1) is 11.6 Å². The Morgan fingerprint density at radius 2 is 1.89 bits per heavy atom. The van der Waals surface area contributed by atoms with Crippen molar-refractivity contribution < 1.29 is 14.7 Å². The summed E-state index contributed by atoms with van der Waals surface area (Å²) in [6.07, 6.45) is 1.29. The number of aryl methyl sites for hydroxylation is 2. The van der Waals surface area contributed by atoms with Crippen molar-refractivity contribution in [2.24, 2.45) is 0 Å². The van der Waals surface area contributed by atoms with Gasteiger partial charge in [0.15, 0.2) is 0 Å². The number of aliphatic carboxylic acids is 1. The van der Waals surface area contributed by atoms with Gasteiger partial charge in [-0.25, -0.2) is 0 Å². The smallest absolute Gasteiger partial charge is 0.311 e. The number of rotatable bonds is 1. The van der Waals surface area contributed by atoms with Gasteiger partial charge in [-0.3, -0.25) is 9.59 Å². The summed E-state index contributed by atoms with van der Waals surface area (Å²) in [5.41, 5.74) is 3.52. The summed E-state index contributed by atoms with van der Waals surface area (Å²) in [6.45, 7) is 5.97. The zero-order valence-electron chi connectivity index (χ0n) is 11.6. The Labute approximate surface area is 113 Å². The number of nitrogens with zero attached hydrogens (tertiary/aromatic N) is 1. The monoisotopic (exact) mass is 261 g/mol. The molecular weight excluding hydrogens is 242 g/mol. The number of carbonyl (C=O) groups excluding carboxylic acids is 1. The van der Waals surface area contributed by atoms with E-state index in [0.717, 1.165) is 22.4 Å². The van der Waals surface area contributed by atoms with Gasteiger partial charge in [-0.1, -0.05) is 12.1 Å². The first-order chi connectivity index (χ1) is 8.93. The maximum atomic E-state index is 11.8. The van der Waals surface area contributed by atoms with E-state index in [1.807, 2.05) is 26.0 Å². The summed E-state index contributed by atoms with van der Waals surface area (Å²) in [5.74, 6) is -1.35. The van der Waals surface area contributed by atoms with Gasteiger partial charge in [-0.05, 0) is 43.4 Å². The van der Waals surface area contributed by atoms with Crippen molar-refractivity contribution in [2.75, 3.05) is 11.4 Å². The third-order valence-electron chi connectivity index (χ3n) is 3.81. The van der Waals surface area contributed by atoms with Crippen LogP contribution in [0, 0.1) is 13.8 Å². The molecule has 0 aromatic heterocycles. The molecule has 1 aromatic carbocycles. The molecule has 4 heteroatoms. The number of fused-ring (bicyclic) bond motifs is 1. The summed E-state index contributed by atoms with van der Waals surface area (Å²) >= 11 is 0. The molecule has 102 valence electrons. The van der Waals surface area contributed by atoms with E-state index >= 15 is 0 Å². The van der Waals surface area contributed by atoms with Gasteiger partial charge in [0.2, 0.25) is 5.91 Å². The Bertz CT molecular complexity index is 489. The van der Waals surface area contributed by atoms with Crippen molar-refractivity contribution in [1.29, 1.82) is 0 Å². The second kappa shape index (κ2) is 5.03. The lowest BCUT2D eigenvalue weighted by molar-refractivity contribution is -0.139. The fraction of sp³-hybridized carbons (Fsp3) is 0.467. The maximum absolute atomic E-state index is 11.8. The van der Waals surface area contributed by atoms with E-state index in [2.05, 4.69) is 0 Å². The molecule has 1 atom stereocenters. The van der Waals surface area contributed by atoms with E-state index in [-0.39, 0.29) is 5.91 Å². The Kier molecular flexibility index (Phi) is 3.60. The van der Waals surface area contributed by atoms with Crippen LogP contribution in [0.1, 0.15) is 42.4 Å². The minimum Gasteiger partial charge on any atom is -0.481 e. The molecule has 0 aliphatic carbocycles. The standard InChI is InChI=1S/C15H19NO3/c1-9-6-7-10(2)14-13(9)12(15(18)19)5-4-8-16(14)11(3)17/h6-7,12H,4-5,8H2,1-3H3,(H,18,19). The molecule has 0 fully saturated rings. The molecule has 0 spiro atoms. The molecule has 1 aliphatic heterocycles. The number of benzene rings is 1. The van der Waals surface area contributed by atoms with Gasteiger partial charge >= 0.3 is 5.97 Å². The normalized spacial score (nSPS) is 18.7. The van der Waals surface area contributed by atoms with Gasteiger partial charge in [0, 0.05) is 13.5 Å². The molecule has 1 aliphatic rings. The van der Waals surface area contributed by atoms with Crippen molar-refractivity contribution in [3.8, 4) is 0 Å². The fourth-order valence-electron chi connectivity index (χ4n) is 2.89. The predicted octanol–water partition coefficient (Wildman–Crippen LogP) is 2.62. The Morgan fingerprint density at radius 1 is 1.26 bits per heavy atom. The minimum atomic E-state index is -0.805. The number of carboxylic acid groups (broad SMARTS) is 1. The van der Waals surface area contributed by atoms with Crippen LogP contribution in [0.5, 0.6) is 0 Å². The largest absolute Gasteiger partial charge is 0.481 e. The third kappa shape index (κ3) is 2.35. The molecular formula is C15H19NO3. The first kappa shape index (κ1) is 13.6. The van der Waals surface area contributed by atoms with Crippen LogP contribution in [0.4, 0.5) is 5.69 Å². The average molecular weight is 261 g/mol. The van der Waals surface area contributed by atoms with Crippen LogP contribution < -0.4 is 4.90 Å². The molecule has 1 aromatic rings. The molecule has 1 amide bonds. The molecule has 1 N–H and O–H groups in total. The fourth-order valence-corrected chi connectivity index (χ4v) is 2.89. The highest BCUT2D eigenvalue weighted by Crippen LogP contribution is 2.39. The number of hydrogen-bond acceptors (Lipinski definition) is 2. The van der Waals surface area contributed by atoms with Gasteiger partial charge in [-0.2, -0.15) is 0 Å². The van der Waals surface area contributed by atoms with Gasteiger partial charge in [0.1, 0.15) is 0 Å². The lowest BCUT2D eigenvalue weighted by atomic mass is 9.89. The van der Waals surface area contributed by atoms with Crippen LogP contribution in [-0.4, -0.2) is 23.5 Å². The van der Waals surface area contributed by atoms with E-state index in [1.54, 1.807) is 4.90 Å². The second-order valence-electron chi connectivity index (χ2n) is 5.17. The van der Waals surface area contributed by atoms with Crippen molar-refractivity contribution in [3.05, 3.63) is 28.8 Å². The quantitative estimate of drug-likeness (QED) is 0.845. The number of carbonyl (C=O) groups is 2. The van der Waals surface area contributed by atoms with Crippen LogP contribution in [0.25, 0.3) is 0 Å². The van der Waals surface area contributed by atoms with Crippen LogP contribution in [0.2, 0.25) is 0 Å². The van der Waals surface area contributed by atoms with Gasteiger partial charge in [0.25, 0.3) is 0 Å². The first-order valence-electron chi connectivity index (χ1n) is 6.54. The van der Waals surface area contributed by atoms with Gasteiger partial charge in [-0.15, -0.1) is 0 Å². The first-order valence-corrected chi connectivity index (χ1v) is 6.54. The molecule has 19 heavy (non-hydrogen) atoms. The van der Waals surface area contributed by atoms with E-state index < -0.39 is 11.9 Å². The van der Waals surface area contributed by atoms with Gasteiger partial charge < -0.3 is 10.0 Å². The van der Waals surface area contributed by atoms with E-state index in [9.17, 15) is 14.7 Å². The molecule has 0 saturated heterocycles. The molecule has 1 unspecified atom stereocenters. The van der Waals surface area contributed by atoms with Crippen molar-refractivity contribution in [3.63, 3.8) is 0 Å². The lowest BCUT2D eigenvalue weighted by Gasteiger charge is -2.25. The Hall–Kier alpha value is -1.84. The number of hydrogen-bond donors (Lipinski definition) is 1. The number of carboxylic acids is 1. The highest BCUT2D eigenvalue weighted by molar-refractivity contribution is 5.95. The van der Waals surface area contributed by atoms with Crippen molar-refractivity contribution in [1.82, 2.24) is 0 Å². The SMILES string of the molecule is CC(=O)N1CCCC(C(=O)O)c2c(C)ccc(C)c21. The minimum absolute atomic E-state index is 0.0269.